The molecule has 1 fully saturated rings. The SMILES string of the molecule is CC(=O)N[C@H]1[C@H]([C@H](O)[C@H](O)CO)OC(C(=O)N2CCCC(C(=O)O)C2)=C[C@@H]1N. The number of aliphatic hydroxyl groups is 3. The van der Waals surface area contributed by atoms with Crippen LogP contribution >= 0.6 is 0 Å². The summed E-state index contributed by atoms with van der Waals surface area (Å²) in [7, 11) is 0. The molecule has 0 saturated carbocycles. The number of nitrogens with two attached hydrogens (primary N) is 1. The van der Waals surface area contributed by atoms with E-state index in [0.29, 0.717) is 19.4 Å². The smallest absolute Gasteiger partial charge is 0.308 e. The molecule has 11 heteroatoms. The maximum Gasteiger partial charge on any atom is 0.308 e. The minimum Gasteiger partial charge on any atom is -0.481 e. The minimum atomic E-state index is -1.63. The molecule has 0 aromatic carbocycles. The first-order valence-corrected chi connectivity index (χ1v) is 9.06. The lowest BCUT2D eigenvalue weighted by Crippen LogP contribution is -2.62. The van der Waals surface area contributed by atoms with Crippen LogP contribution in [0.4, 0.5) is 0 Å². The van der Waals surface area contributed by atoms with E-state index in [1.54, 1.807) is 0 Å². The summed E-state index contributed by atoms with van der Waals surface area (Å²) in [5.41, 5.74) is 6.04. The monoisotopic (exact) mass is 401 g/mol. The fourth-order valence-electron chi connectivity index (χ4n) is 3.42. The highest BCUT2D eigenvalue weighted by atomic mass is 16.5. The second-order valence-corrected chi connectivity index (χ2v) is 7.09. The first kappa shape index (κ1) is 22.1. The van der Waals surface area contributed by atoms with Gasteiger partial charge in [-0.1, -0.05) is 0 Å². The second kappa shape index (κ2) is 9.32. The quantitative estimate of drug-likeness (QED) is 0.272. The number of nitrogens with one attached hydrogen (secondary N) is 1. The van der Waals surface area contributed by atoms with E-state index < -0.39 is 60.7 Å². The Balaban J connectivity index is 2.23. The van der Waals surface area contributed by atoms with E-state index in [1.807, 2.05) is 0 Å². The molecule has 2 heterocycles. The molecule has 0 aromatic rings. The van der Waals surface area contributed by atoms with Gasteiger partial charge in [0.1, 0.15) is 18.3 Å². The zero-order valence-electron chi connectivity index (χ0n) is 15.5. The highest BCUT2D eigenvalue weighted by Crippen LogP contribution is 2.25. The number of rotatable bonds is 6. The van der Waals surface area contributed by atoms with Gasteiger partial charge in [0.25, 0.3) is 5.91 Å². The highest BCUT2D eigenvalue weighted by molar-refractivity contribution is 5.92. The second-order valence-electron chi connectivity index (χ2n) is 7.09. The Morgan fingerprint density at radius 1 is 1.39 bits per heavy atom. The van der Waals surface area contributed by atoms with Crippen molar-refractivity contribution in [3.05, 3.63) is 11.8 Å². The summed E-state index contributed by atoms with van der Waals surface area (Å²) in [4.78, 5) is 36.8. The van der Waals surface area contributed by atoms with Crippen molar-refractivity contribution in [1.29, 1.82) is 0 Å². The Bertz CT molecular complexity index is 640. The molecule has 0 spiro atoms. The van der Waals surface area contributed by atoms with Crippen molar-refractivity contribution in [2.75, 3.05) is 19.7 Å². The summed E-state index contributed by atoms with van der Waals surface area (Å²) in [6, 6.07) is -1.86. The van der Waals surface area contributed by atoms with Gasteiger partial charge >= 0.3 is 5.97 Å². The van der Waals surface area contributed by atoms with Crippen LogP contribution < -0.4 is 11.1 Å². The fourth-order valence-corrected chi connectivity index (χ4v) is 3.42. The molecule has 6 atom stereocenters. The molecule has 28 heavy (non-hydrogen) atoms. The maximum absolute atomic E-state index is 12.8. The molecule has 2 aliphatic rings. The van der Waals surface area contributed by atoms with E-state index in [0.717, 1.165) is 0 Å². The third-order valence-electron chi connectivity index (χ3n) is 4.93. The van der Waals surface area contributed by atoms with Crippen LogP contribution in [0.25, 0.3) is 0 Å². The standard InChI is InChI=1S/C17H27N3O8/c1-8(22)19-13-10(18)5-12(28-15(13)14(24)11(23)7-21)16(25)20-4-2-3-9(6-20)17(26)27/h5,9-11,13-15,21,23-24H,2-4,6-7,18H2,1H3,(H,19,22)(H,26,27)/t9?,10-,11+,13+,14+,15+/m0/s1. The Morgan fingerprint density at radius 2 is 2.07 bits per heavy atom. The molecule has 0 bridgehead atoms. The highest BCUT2D eigenvalue weighted by Gasteiger charge is 2.43. The van der Waals surface area contributed by atoms with Gasteiger partial charge in [0.05, 0.1) is 24.6 Å². The Labute approximate surface area is 161 Å². The molecule has 1 unspecified atom stereocenters. The molecule has 0 aliphatic carbocycles. The summed E-state index contributed by atoms with van der Waals surface area (Å²) in [6.45, 7) is 0.844. The summed E-state index contributed by atoms with van der Waals surface area (Å²) in [5.74, 6) is -2.91. The molecule has 2 aliphatic heterocycles. The molecular weight excluding hydrogens is 374 g/mol. The predicted molar refractivity (Wildman–Crippen MR) is 94.6 cm³/mol. The lowest BCUT2D eigenvalue weighted by Gasteiger charge is -2.40. The van der Waals surface area contributed by atoms with Gasteiger partial charge in [0.15, 0.2) is 5.76 Å². The largest absolute Gasteiger partial charge is 0.481 e. The Morgan fingerprint density at radius 3 is 2.64 bits per heavy atom. The predicted octanol–water partition coefficient (Wildman–Crippen LogP) is -2.86. The van der Waals surface area contributed by atoms with Crippen LogP contribution in [-0.4, -0.2) is 93.2 Å². The van der Waals surface area contributed by atoms with Crippen molar-refractivity contribution < 1.29 is 39.5 Å². The Hall–Kier alpha value is -2.21. The van der Waals surface area contributed by atoms with Gasteiger partial charge in [-0.05, 0) is 18.9 Å². The van der Waals surface area contributed by atoms with Crippen LogP contribution in [0.5, 0.6) is 0 Å². The molecule has 1 saturated heterocycles. The first-order chi connectivity index (χ1) is 13.1. The van der Waals surface area contributed by atoms with Crippen molar-refractivity contribution in [1.82, 2.24) is 10.2 Å². The van der Waals surface area contributed by atoms with Crippen LogP contribution in [0.3, 0.4) is 0 Å². The minimum absolute atomic E-state index is 0.0196. The normalized spacial score (nSPS) is 29.9. The zero-order chi connectivity index (χ0) is 21.0. The number of likely N-dealkylation sites (tertiary alicyclic amines) is 1. The van der Waals surface area contributed by atoms with E-state index in [1.165, 1.54) is 17.9 Å². The van der Waals surface area contributed by atoms with Crippen molar-refractivity contribution in [3.8, 4) is 0 Å². The number of aliphatic carboxylic acids is 1. The van der Waals surface area contributed by atoms with Crippen molar-refractivity contribution in [2.45, 2.75) is 50.2 Å². The maximum atomic E-state index is 12.8. The fraction of sp³-hybridized carbons (Fsp3) is 0.706. The van der Waals surface area contributed by atoms with Gasteiger partial charge in [-0.15, -0.1) is 0 Å². The number of hydrogen-bond acceptors (Lipinski definition) is 8. The lowest BCUT2D eigenvalue weighted by atomic mass is 9.92. The average molecular weight is 401 g/mol. The third kappa shape index (κ3) is 4.98. The van der Waals surface area contributed by atoms with Gasteiger partial charge in [0.2, 0.25) is 5.91 Å². The molecule has 158 valence electrons. The Kier molecular flexibility index (Phi) is 7.35. The van der Waals surface area contributed by atoms with Crippen molar-refractivity contribution in [2.24, 2.45) is 11.7 Å². The first-order valence-electron chi connectivity index (χ1n) is 9.06. The summed E-state index contributed by atoms with van der Waals surface area (Å²) < 4.78 is 5.57. The molecule has 0 radical (unpaired) electrons. The summed E-state index contributed by atoms with van der Waals surface area (Å²) in [6.07, 6.45) is -2.21. The number of carboxylic acids is 1. The van der Waals surface area contributed by atoms with Gasteiger partial charge in [-0.25, -0.2) is 0 Å². The number of piperidine rings is 1. The number of ether oxygens (including phenoxy) is 1. The van der Waals surface area contributed by atoms with Gasteiger partial charge < -0.3 is 41.1 Å². The van der Waals surface area contributed by atoms with Gasteiger partial charge in [-0.3, -0.25) is 14.4 Å². The van der Waals surface area contributed by atoms with Crippen LogP contribution in [-0.2, 0) is 19.1 Å². The van der Waals surface area contributed by atoms with Crippen molar-refractivity contribution >= 4 is 17.8 Å². The summed E-state index contributed by atoms with van der Waals surface area (Å²) in [5, 5.41) is 40.9. The molecular formula is C17H27N3O8. The molecule has 2 amide bonds. The van der Waals surface area contributed by atoms with Gasteiger partial charge in [0, 0.05) is 20.0 Å². The number of nitrogens with zero attached hydrogens (tertiary/aromatic N) is 1. The molecule has 11 nitrogen and oxygen atoms in total. The molecule has 0 aromatic heterocycles. The number of aliphatic hydroxyl groups excluding tert-OH is 3. The number of carbonyl (C=O) groups excluding carboxylic acids is 2. The van der Waals surface area contributed by atoms with Crippen LogP contribution in [0.1, 0.15) is 19.8 Å². The number of carboxylic acid groups (broad SMARTS) is 1. The van der Waals surface area contributed by atoms with Crippen LogP contribution in [0, 0.1) is 5.92 Å². The average Bonchev–Trinajstić information content (AvgIpc) is 2.67. The van der Waals surface area contributed by atoms with E-state index >= 15 is 0 Å². The molecule has 2 rings (SSSR count). The lowest BCUT2D eigenvalue weighted by molar-refractivity contribution is -0.148. The van der Waals surface area contributed by atoms with Crippen molar-refractivity contribution in [3.63, 3.8) is 0 Å². The van der Waals surface area contributed by atoms with E-state index in [-0.39, 0.29) is 12.3 Å². The van der Waals surface area contributed by atoms with E-state index in [2.05, 4.69) is 5.32 Å². The summed E-state index contributed by atoms with van der Waals surface area (Å²) >= 11 is 0. The third-order valence-corrected chi connectivity index (χ3v) is 4.93. The van der Waals surface area contributed by atoms with Gasteiger partial charge in [-0.2, -0.15) is 0 Å². The molecule has 7 N–H and O–H groups in total. The van der Waals surface area contributed by atoms with Crippen LogP contribution in [0.15, 0.2) is 11.8 Å². The van der Waals surface area contributed by atoms with E-state index in [9.17, 15) is 29.7 Å². The number of carbonyl (C=O) groups is 3. The van der Waals surface area contributed by atoms with Crippen LogP contribution in [0.2, 0.25) is 0 Å². The number of hydrogen-bond donors (Lipinski definition) is 6. The van der Waals surface area contributed by atoms with E-state index in [4.69, 9.17) is 15.6 Å². The number of amides is 2. The topological polar surface area (TPSA) is 183 Å². The zero-order valence-corrected chi connectivity index (χ0v) is 15.5.